The fraction of sp³-hybridized carbons (Fsp3) is 0.474. The number of fused-ring (bicyclic) bond motifs is 1. The summed E-state index contributed by atoms with van der Waals surface area (Å²) in [4.78, 5) is 14.0. The first-order chi connectivity index (χ1) is 15.0. The highest BCUT2D eigenvalue weighted by Gasteiger charge is 2.40. The predicted octanol–water partition coefficient (Wildman–Crippen LogP) is 1.65. The second kappa shape index (κ2) is 7.76. The van der Waals surface area contributed by atoms with Crippen molar-refractivity contribution in [2.24, 2.45) is 0 Å². The van der Waals surface area contributed by atoms with E-state index in [1.165, 1.54) is 11.3 Å². The van der Waals surface area contributed by atoms with Crippen molar-refractivity contribution < 1.29 is 19.4 Å². The molecule has 1 spiro atoms. The van der Waals surface area contributed by atoms with Crippen molar-refractivity contribution in [3.05, 3.63) is 23.8 Å². The minimum Gasteiger partial charge on any atom is -0.496 e. The van der Waals surface area contributed by atoms with Crippen molar-refractivity contribution in [2.75, 3.05) is 25.1 Å². The van der Waals surface area contributed by atoms with Crippen LogP contribution in [0.5, 0.6) is 11.5 Å². The van der Waals surface area contributed by atoms with Crippen molar-refractivity contribution >= 4 is 22.4 Å². The molecule has 0 unspecified atom stereocenters. The number of carbonyl (C=O) groups is 1. The monoisotopic (exact) mass is 443 g/mol. The Bertz CT molecular complexity index is 1110. The Morgan fingerprint density at radius 2 is 2.10 bits per heavy atom. The first-order valence-corrected chi connectivity index (χ1v) is 10.8. The molecule has 162 valence electrons. The number of piperidine rings is 1. The Morgan fingerprint density at radius 3 is 2.87 bits per heavy atom. The number of carboxylic acids is 1. The number of carboxylic acid groups (broad SMARTS) is 1. The van der Waals surface area contributed by atoms with Gasteiger partial charge in [0.2, 0.25) is 11.0 Å². The molecule has 0 radical (unpaired) electrons. The number of rotatable bonds is 5. The average molecular weight is 443 g/mol. The molecule has 5 rings (SSSR count). The number of aliphatic carboxylic acids is 1. The smallest absolute Gasteiger partial charge is 0.327 e. The van der Waals surface area contributed by atoms with E-state index in [-0.39, 0.29) is 18.0 Å². The zero-order valence-electron chi connectivity index (χ0n) is 16.9. The molecule has 0 atom stereocenters. The zero-order valence-corrected chi connectivity index (χ0v) is 17.7. The van der Waals surface area contributed by atoms with Crippen LogP contribution >= 0.6 is 11.3 Å². The summed E-state index contributed by atoms with van der Waals surface area (Å²) in [6.07, 6.45) is 3.70. The third-order valence-electron chi connectivity index (χ3n) is 5.75. The molecule has 0 aliphatic carbocycles. The molecule has 12 heteroatoms. The fourth-order valence-electron chi connectivity index (χ4n) is 4.12. The highest BCUT2D eigenvalue weighted by Crippen LogP contribution is 2.43. The van der Waals surface area contributed by atoms with E-state index in [2.05, 4.69) is 30.5 Å². The molecule has 11 nitrogen and oxygen atoms in total. The number of hydrogen-bond acceptors (Lipinski definition) is 10. The number of tetrazole rings is 1. The topological polar surface area (TPSA) is 128 Å². The van der Waals surface area contributed by atoms with Crippen LogP contribution in [-0.2, 0) is 17.8 Å². The quantitative estimate of drug-likeness (QED) is 0.621. The first-order valence-electron chi connectivity index (χ1n) is 9.99. The molecule has 2 aromatic heterocycles. The lowest BCUT2D eigenvalue weighted by Crippen LogP contribution is -2.49. The Labute approximate surface area is 181 Å². The van der Waals surface area contributed by atoms with Gasteiger partial charge < -0.3 is 19.5 Å². The summed E-state index contributed by atoms with van der Waals surface area (Å²) in [5.41, 5.74) is 0.986. The molecule has 3 aromatic rings. The SMILES string of the molecule is COc1cccc2c1CCC1(CCN(c3nnc(-c4nnn(CC(=O)O)n4)s3)CC1)O2. The van der Waals surface area contributed by atoms with Crippen LogP contribution in [0.1, 0.15) is 24.8 Å². The van der Waals surface area contributed by atoms with Crippen molar-refractivity contribution in [3.8, 4) is 22.3 Å². The number of aromatic nitrogens is 6. The van der Waals surface area contributed by atoms with Crippen LogP contribution in [0.3, 0.4) is 0 Å². The van der Waals surface area contributed by atoms with Crippen LogP contribution in [0.2, 0.25) is 0 Å². The number of anilines is 1. The van der Waals surface area contributed by atoms with Crippen LogP contribution in [-0.4, -0.2) is 67.3 Å². The van der Waals surface area contributed by atoms with E-state index in [1.54, 1.807) is 7.11 Å². The molecule has 4 heterocycles. The van der Waals surface area contributed by atoms with Gasteiger partial charge in [-0.05, 0) is 30.2 Å². The van der Waals surface area contributed by atoms with Crippen molar-refractivity contribution in [1.29, 1.82) is 0 Å². The third-order valence-corrected chi connectivity index (χ3v) is 6.73. The summed E-state index contributed by atoms with van der Waals surface area (Å²) >= 11 is 1.37. The third kappa shape index (κ3) is 3.78. The van der Waals surface area contributed by atoms with Crippen LogP contribution in [0.15, 0.2) is 18.2 Å². The fourth-order valence-corrected chi connectivity index (χ4v) is 4.94. The standard InChI is InChI=1S/C19H21N7O4S/c1-29-13-3-2-4-14-12(13)5-6-19(30-14)7-9-25(10-8-19)18-22-21-17(31-18)16-20-24-26(23-16)11-15(27)28/h2-4H,5-11H2,1H3,(H,27,28). The van der Waals surface area contributed by atoms with E-state index in [4.69, 9.17) is 14.6 Å². The lowest BCUT2D eigenvalue weighted by molar-refractivity contribution is -0.138. The first kappa shape index (κ1) is 19.7. The van der Waals surface area contributed by atoms with Crippen LogP contribution in [0, 0.1) is 0 Å². The minimum absolute atomic E-state index is 0.162. The van der Waals surface area contributed by atoms with E-state index < -0.39 is 5.97 Å². The molecule has 1 aromatic carbocycles. The maximum absolute atomic E-state index is 10.8. The molecule has 1 fully saturated rings. The molecular weight excluding hydrogens is 422 g/mol. The molecule has 2 aliphatic heterocycles. The van der Waals surface area contributed by atoms with Gasteiger partial charge in [0, 0.05) is 31.5 Å². The summed E-state index contributed by atoms with van der Waals surface area (Å²) in [5, 5.41) is 30.3. The van der Waals surface area contributed by atoms with Gasteiger partial charge in [-0.3, -0.25) is 4.79 Å². The lowest BCUT2D eigenvalue weighted by Gasteiger charge is -2.44. The number of methoxy groups -OCH3 is 1. The van der Waals surface area contributed by atoms with Gasteiger partial charge in [-0.25, -0.2) is 0 Å². The minimum atomic E-state index is -1.03. The van der Waals surface area contributed by atoms with Gasteiger partial charge in [0.15, 0.2) is 11.6 Å². The van der Waals surface area contributed by atoms with Gasteiger partial charge in [-0.1, -0.05) is 17.4 Å². The molecule has 1 N–H and O–H groups in total. The number of ether oxygens (including phenoxy) is 2. The summed E-state index contributed by atoms with van der Waals surface area (Å²) in [6.45, 7) is 1.28. The van der Waals surface area contributed by atoms with Gasteiger partial charge in [0.25, 0.3) is 0 Å². The van der Waals surface area contributed by atoms with Gasteiger partial charge in [0.05, 0.1) is 7.11 Å². The Balaban J connectivity index is 1.25. The van der Waals surface area contributed by atoms with Crippen LogP contribution in [0.25, 0.3) is 10.8 Å². The number of hydrogen-bond donors (Lipinski definition) is 1. The second-order valence-corrected chi connectivity index (χ2v) is 8.59. The summed E-state index contributed by atoms with van der Waals surface area (Å²) < 4.78 is 12.0. The van der Waals surface area contributed by atoms with E-state index in [9.17, 15) is 4.79 Å². The van der Waals surface area contributed by atoms with Gasteiger partial charge in [-0.15, -0.1) is 20.4 Å². The van der Waals surface area contributed by atoms with E-state index in [1.807, 2.05) is 18.2 Å². The normalized spacial score (nSPS) is 17.3. The second-order valence-electron chi connectivity index (χ2n) is 7.64. The maximum Gasteiger partial charge on any atom is 0.327 e. The molecule has 0 amide bonds. The lowest BCUT2D eigenvalue weighted by atomic mass is 9.83. The molecule has 0 bridgehead atoms. The van der Waals surface area contributed by atoms with E-state index >= 15 is 0 Å². The van der Waals surface area contributed by atoms with Gasteiger partial charge >= 0.3 is 5.97 Å². The Hall–Kier alpha value is -3.28. The number of benzene rings is 1. The Morgan fingerprint density at radius 1 is 1.26 bits per heavy atom. The molecule has 31 heavy (non-hydrogen) atoms. The van der Waals surface area contributed by atoms with Crippen molar-refractivity contribution in [1.82, 2.24) is 30.4 Å². The summed E-state index contributed by atoms with van der Waals surface area (Å²) in [6, 6.07) is 5.97. The van der Waals surface area contributed by atoms with Gasteiger partial charge in [0.1, 0.15) is 17.1 Å². The maximum atomic E-state index is 10.8. The van der Waals surface area contributed by atoms with Crippen LogP contribution in [0.4, 0.5) is 5.13 Å². The predicted molar refractivity (Wildman–Crippen MR) is 110 cm³/mol. The Kier molecular flexibility index (Phi) is 4.93. The van der Waals surface area contributed by atoms with Crippen molar-refractivity contribution in [2.45, 2.75) is 37.8 Å². The zero-order chi connectivity index (χ0) is 21.4. The number of nitrogens with zero attached hydrogens (tertiary/aromatic N) is 7. The summed E-state index contributed by atoms with van der Waals surface area (Å²) in [7, 11) is 1.69. The summed E-state index contributed by atoms with van der Waals surface area (Å²) in [5.74, 6) is 1.06. The molecule has 0 saturated carbocycles. The van der Waals surface area contributed by atoms with E-state index in [0.29, 0.717) is 5.01 Å². The van der Waals surface area contributed by atoms with Crippen molar-refractivity contribution in [3.63, 3.8) is 0 Å². The van der Waals surface area contributed by atoms with Crippen LogP contribution < -0.4 is 14.4 Å². The highest BCUT2D eigenvalue weighted by molar-refractivity contribution is 7.18. The van der Waals surface area contributed by atoms with E-state index in [0.717, 1.165) is 65.8 Å². The molecular formula is C19H21N7O4S. The van der Waals surface area contributed by atoms with Gasteiger partial charge in [-0.2, -0.15) is 4.80 Å². The molecule has 2 aliphatic rings. The average Bonchev–Trinajstić information content (AvgIpc) is 3.43. The highest BCUT2D eigenvalue weighted by atomic mass is 32.1. The molecule has 1 saturated heterocycles. The largest absolute Gasteiger partial charge is 0.496 e.